The van der Waals surface area contributed by atoms with E-state index in [0.717, 1.165) is 0 Å². The number of carbonyl (C=O) groups excluding carboxylic acids is 1. The van der Waals surface area contributed by atoms with Crippen LogP contribution in [-0.2, 0) is 52.2 Å². The maximum absolute atomic E-state index is 11.8. The highest BCUT2D eigenvalue weighted by atomic mass is 16.6. The molecule has 0 spiro atoms. The van der Waals surface area contributed by atoms with Crippen LogP contribution in [0.15, 0.2) is 0 Å². The third kappa shape index (κ3) is 31.2. The van der Waals surface area contributed by atoms with Crippen molar-refractivity contribution in [2.45, 2.75) is 27.2 Å². The van der Waals surface area contributed by atoms with Crippen LogP contribution < -0.4 is 0 Å². The predicted octanol–water partition coefficient (Wildman–Crippen LogP) is 1.79. The van der Waals surface area contributed by atoms with Gasteiger partial charge in [0, 0.05) is 11.8 Å². The fraction of sp³-hybridized carbons (Fsp3) is 0.893. The molecule has 0 radical (unpaired) electrons. The number of ether oxygens (including phenoxy) is 10. The van der Waals surface area contributed by atoms with Crippen LogP contribution in [0.2, 0.25) is 0 Å². The first-order valence-corrected chi connectivity index (χ1v) is 13.7. The Morgan fingerprint density at radius 1 is 0.462 bits per heavy atom. The summed E-state index contributed by atoms with van der Waals surface area (Å²) in [5, 5.41) is 0. The van der Waals surface area contributed by atoms with Gasteiger partial charge in [-0.25, -0.2) is 0 Å². The number of rotatable bonds is 31. The first kappa shape index (κ1) is 37.8. The van der Waals surface area contributed by atoms with E-state index in [4.69, 9.17) is 53.8 Å². The van der Waals surface area contributed by atoms with E-state index >= 15 is 0 Å². The molecule has 0 aromatic carbocycles. The van der Waals surface area contributed by atoms with Crippen molar-refractivity contribution in [2.75, 3.05) is 132 Å². The van der Waals surface area contributed by atoms with E-state index in [-0.39, 0.29) is 11.2 Å². The molecule has 0 saturated carbocycles. The molecular formula is C28H52O11. The van der Waals surface area contributed by atoms with Crippen molar-refractivity contribution in [2.24, 2.45) is 5.41 Å². The number of Topliss-reactive ketones (excluding diaryl/α,β-unsaturated/α-hetero) is 1. The molecule has 11 nitrogen and oxygen atoms in total. The Morgan fingerprint density at radius 3 is 0.923 bits per heavy atom. The van der Waals surface area contributed by atoms with Gasteiger partial charge in [-0.05, 0) is 0 Å². The molecule has 0 rings (SSSR count). The molecule has 0 heterocycles. The summed E-state index contributed by atoms with van der Waals surface area (Å²) in [7, 11) is 0. The monoisotopic (exact) mass is 564 g/mol. The van der Waals surface area contributed by atoms with E-state index in [1.807, 2.05) is 20.8 Å². The Labute approximate surface area is 235 Å². The lowest BCUT2D eigenvalue weighted by Gasteiger charge is -2.16. The van der Waals surface area contributed by atoms with Crippen LogP contribution in [0.25, 0.3) is 0 Å². The van der Waals surface area contributed by atoms with E-state index in [0.29, 0.717) is 139 Å². The van der Waals surface area contributed by atoms with Crippen LogP contribution in [0.4, 0.5) is 0 Å². The van der Waals surface area contributed by atoms with E-state index in [1.165, 1.54) is 0 Å². The molecule has 0 atom stereocenters. The summed E-state index contributed by atoms with van der Waals surface area (Å²) in [6.45, 7) is 15.5. The smallest absolute Gasteiger partial charge is 0.140 e. The second kappa shape index (κ2) is 29.8. The topological polar surface area (TPSA) is 109 Å². The molecule has 0 fully saturated rings. The number of hydrogen-bond donors (Lipinski definition) is 0. The van der Waals surface area contributed by atoms with Crippen molar-refractivity contribution in [3.8, 4) is 12.3 Å². The third-order valence-electron chi connectivity index (χ3n) is 4.84. The summed E-state index contributed by atoms with van der Waals surface area (Å²) in [4.78, 5) is 11.8. The third-order valence-corrected chi connectivity index (χ3v) is 4.84. The van der Waals surface area contributed by atoms with Crippen molar-refractivity contribution in [1.29, 1.82) is 0 Å². The predicted molar refractivity (Wildman–Crippen MR) is 146 cm³/mol. The molecule has 0 aliphatic rings. The summed E-state index contributed by atoms with van der Waals surface area (Å²) in [5.74, 6) is 2.60. The SMILES string of the molecule is C#CCOCCOCCOCCOCCOCCOCCOCCOCCOCCOCCC(=O)C(C)(C)C. The summed E-state index contributed by atoms with van der Waals surface area (Å²) in [5.41, 5.74) is -0.311. The molecule has 0 unspecified atom stereocenters. The molecule has 0 aromatic heterocycles. The van der Waals surface area contributed by atoms with Gasteiger partial charge in [0.1, 0.15) is 12.4 Å². The molecule has 11 heteroatoms. The summed E-state index contributed by atoms with van der Waals surface area (Å²) in [6.07, 6.45) is 5.50. The average Bonchev–Trinajstić information content (AvgIpc) is 2.91. The maximum atomic E-state index is 11.8. The molecule has 0 N–H and O–H groups in total. The van der Waals surface area contributed by atoms with Crippen molar-refractivity contribution in [3.63, 3.8) is 0 Å². The quantitative estimate of drug-likeness (QED) is 0.0908. The van der Waals surface area contributed by atoms with Gasteiger partial charge in [0.25, 0.3) is 0 Å². The second-order valence-electron chi connectivity index (χ2n) is 9.19. The highest BCUT2D eigenvalue weighted by molar-refractivity contribution is 5.83. The van der Waals surface area contributed by atoms with Gasteiger partial charge in [-0.2, -0.15) is 0 Å². The number of ketones is 1. The van der Waals surface area contributed by atoms with E-state index in [1.54, 1.807) is 0 Å². The van der Waals surface area contributed by atoms with E-state index < -0.39 is 0 Å². The second-order valence-corrected chi connectivity index (χ2v) is 9.19. The zero-order valence-electron chi connectivity index (χ0n) is 24.4. The number of hydrogen-bond acceptors (Lipinski definition) is 11. The van der Waals surface area contributed by atoms with Gasteiger partial charge in [-0.1, -0.05) is 26.7 Å². The molecular weight excluding hydrogens is 512 g/mol. The van der Waals surface area contributed by atoms with Crippen LogP contribution >= 0.6 is 0 Å². The molecule has 0 saturated heterocycles. The standard InChI is InChI=1S/C28H52O11/c1-5-7-30-9-11-32-13-15-34-17-19-36-21-23-38-25-26-39-24-22-37-20-18-35-16-14-33-12-10-31-8-6-27(29)28(2,3)4/h1H,6-26H2,2-4H3. The van der Waals surface area contributed by atoms with Gasteiger partial charge < -0.3 is 47.4 Å². The van der Waals surface area contributed by atoms with Crippen LogP contribution in [0.5, 0.6) is 0 Å². The molecule has 39 heavy (non-hydrogen) atoms. The van der Waals surface area contributed by atoms with E-state index in [9.17, 15) is 4.79 Å². The molecule has 0 amide bonds. The highest BCUT2D eigenvalue weighted by Crippen LogP contribution is 2.16. The number of carbonyl (C=O) groups is 1. The fourth-order valence-electron chi connectivity index (χ4n) is 2.65. The molecule has 230 valence electrons. The minimum absolute atomic E-state index is 0.203. The Bertz CT molecular complexity index is 561. The van der Waals surface area contributed by atoms with Gasteiger partial charge in [0.15, 0.2) is 0 Å². The normalized spacial score (nSPS) is 11.6. The largest absolute Gasteiger partial charge is 0.379 e. The van der Waals surface area contributed by atoms with E-state index in [2.05, 4.69) is 5.92 Å². The van der Waals surface area contributed by atoms with Crippen LogP contribution in [0.3, 0.4) is 0 Å². The highest BCUT2D eigenvalue weighted by Gasteiger charge is 2.20. The Morgan fingerprint density at radius 2 is 0.692 bits per heavy atom. The van der Waals surface area contributed by atoms with Crippen LogP contribution in [0.1, 0.15) is 27.2 Å². The van der Waals surface area contributed by atoms with Crippen molar-refractivity contribution >= 4 is 5.78 Å². The Kier molecular flexibility index (Phi) is 28.9. The first-order valence-electron chi connectivity index (χ1n) is 13.7. The minimum atomic E-state index is -0.311. The van der Waals surface area contributed by atoms with Crippen molar-refractivity contribution < 1.29 is 52.2 Å². The van der Waals surface area contributed by atoms with Gasteiger partial charge in [-0.3, -0.25) is 4.79 Å². The lowest BCUT2D eigenvalue weighted by molar-refractivity contribution is -0.127. The van der Waals surface area contributed by atoms with Crippen LogP contribution in [-0.4, -0.2) is 138 Å². The van der Waals surface area contributed by atoms with Crippen molar-refractivity contribution in [1.82, 2.24) is 0 Å². The molecule has 0 aliphatic heterocycles. The zero-order chi connectivity index (χ0) is 28.7. The number of terminal acetylenes is 1. The zero-order valence-corrected chi connectivity index (χ0v) is 24.4. The summed E-state index contributed by atoms with van der Waals surface area (Å²) >= 11 is 0. The van der Waals surface area contributed by atoms with Gasteiger partial charge in [-0.15, -0.1) is 6.42 Å². The lowest BCUT2D eigenvalue weighted by atomic mass is 9.89. The van der Waals surface area contributed by atoms with Gasteiger partial charge in [0.2, 0.25) is 0 Å². The van der Waals surface area contributed by atoms with Crippen molar-refractivity contribution in [3.05, 3.63) is 0 Å². The summed E-state index contributed by atoms with van der Waals surface area (Å²) < 4.78 is 53.9. The first-order chi connectivity index (χ1) is 19.0. The maximum Gasteiger partial charge on any atom is 0.140 e. The molecule has 0 aliphatic carbocycles. The summed E-state index contributed by atoms with van der Waals surface area (Å²) in [6, 6.07) is 0. The minimum Gasteiger partial charge on any atom is -0.379 e. The lowest BCUT2D eigenvalue weighted by Crippen LogP contribution is -2.22. The van der Waals surface area contributed by atoms with Gasteiger partial charge in [0.05, 0.1) is 126 Å². The van der Waals surface area contributed by atoms with Crippen LogP contribution in [0, 0.1) is 17.8 Å². The fourth-order valence-corrected chi connectivity index (χ4v) is 2.65. The molecule has 0 aromatic rings. The van der Waals surface area contributed by atoms with Gasteiger partial charge >= 0.3 is 0 Å². The Balaban J connectivity index is 3.09. The molecule has 0 bridgehead atoms. The average molecular weight is 565 g/mol. The Hall–Kier alpha value is -1.17.